The number of aromatic amines is 1. The van der Waals surface area contributed by atoms with Gasteiger partial charge in [-0.1, -0.05) is 18.2 Å². The molecule has 1 aromatic heterocycles. The van der Waals surface area contributed by atoms with Gasteiger partial charge in [-0.25, -0.2) is 0 Å². The number of guanidine groups is 1. The number of H-pyrrole nitrogens is 1. The van der Waals surface area contributed by atoms with Crippen molar-refractivity contribution in [3.63, 3.8) is 0 Å². The third kappa shape index (κ3) is 2.44. The van der Waals surface area contributed by atoms with Crippen LogP contribution in [0.5, 0.6) is 0 Å². The lowest BCUT2D eigenvalue weighted by atomic mass is 10.2. The van der Waals surface area contributed by atoms with E-state index in [0.717, 1.165) is 10.9 Å². The van der Waals surface area contributed by atoms with Crippen molar-refractivity contribution >= 4 is 22.8 Å². The lowest BCUT2D eigenvalue weighted by Crippen LogP contribution is -2.37. The third-order valence-corrected chi connectivity index (χ3v) is 2.34. The van der Waals surface area contributed by atoms with Crippen molar-refractivity contribution < 1.29 is 4.79 Å². The van der Waals surface area contributed by atoms with Crippen molar-refractivity contribution in [1.82, 2.24) is 10.3 Å². The average molecular weight is 230 g/mol. The molecule has 5 heteroatoms. The molecule has 0 aliphatic rings. The number of carbonyl (C=O) groups excluding carboxylic acids is 1. The number of nitrogens with zero attached hydrogens (tertiary/aromatic N) is 1. The summed E-state index contributed by atoms with van der Waals surface area (Å²) in [6.07, 6.45) is 0. The first kappa shape index (κ1) is 11.2. The van der Waals surface area contributed by atoms with Crippen LogP contribution in [0.4, 0.5) is 0 Å². The molecule has 1 aromatic carbocycles. The molecule has 0 aliphatic carbocycles. The monoisotopic (exact) mass is 230 g/mol. The molecule has 88 valence electrons. The zero-order chi connectivity index (χ0) is 12.3. The Balaban J connectivity index is 2.22. The first-order valence-electron chi connectivity index (χ1n) is 5.39. The maximum atomic E-state index is 11.8. The minimum Gasteiger partial charge on any atom is -0.370 e. The molecule has 2 rings (SSSR count). The predicted molar refractivity (Wildman–Crippen MR) is 67.9 cm³/mol. The second kappa shape index (κ2) is 4.69. The van der Waals surface area contributed by atoms with Gasteiger partial charge >= 0.3 is 0 Å². The average Bonchev–Trinajstić information content (AvgIpc) is 2.72. The summed E-state index contributed by atoms with van der Waals surface area (Å²) in [7, 11) is 0. The Hall–Kier alpha value is -2.30. The molecule has 5 nitrogen and oxygen atoms in total. The molecule has 0 fully saturated rings. The number of fused-ring (bicyclic) bond motifs is 1. The number of carbonyl (C=O) groups is 1. The van der Waals surface area contributed by atoms with Crippen LogP contribution >= 0.6 is 0 Å². The lowest BCUT2D eigenvalue weighted by molar-refractivity contribution is 0.0972. The summed E-state index contributed by atoms with van der Waals surface area (Å²) >= 11 is 0. The normalized spacial score (nSPS) is 11.7. The van der Waals surface area contributed by atoms with Gasteiger partial charge in [0.05, 0.1) is 0 Å². The molecule has 4 N–H and O–H groups in total. The van der Waals surface area contributed by atoms with E-state index in [1.165, 1.54) is 0 Å². The number of amides is 1. The van der Waals surface area contributed by atoms with Gasteiger partial charge in [-0.05, 0) is 19.1 Å². The van der Waals surface area contributed by atoms with Gasteiger partial charge in [-0.2, -0.15) is 0 Å². The number of hydrogen-bond donors (Lipinski definition) is 3. The molecular formula is C12H14N4O. The molecule has 0 radical (unpaired) electrons. The van der Waals surface area contributed by atoms with Crippen molar-refractivity contribution in [3.05, 3.63) is 36.0 Å². The summed E-state index contributed by atoms with van der Waals surface area (Å²) in [6, 6.07) is 9.46. The molecule has 0 atom stereocenters. The van der Waals surface area contributed by atoms with Gasteiger partial charge in [0, 0.05) is 17.4 Å². The second-order valence-corrected chi connectivity index (χ2v) is 3.58. The fourth-order valence-electron chi connectivity index (χ4n) is 1.59. The zero-order valence-corrected chi connectivity index (χ0v) is 9.53. The Morgan fingerprint density at radius 2 is 2.24 bits per heavy atom. The van der Waals surface area contributed by atoms with Crippen LogP contribution in [-0.2, 0) is 0 Å². The standard InChI is InChI=1S/C12H14N4O/c1-2-14-12(13)16-11(17)10-7-8-5-3-4-6-9(8)15-10/h3-7,15H,2H2,1H3,(H3,13,14,16,17). The van der Waals surface area contributed by atoms with Crippen LogP contribution in [0.1, 0.15) is 17.4 Å². The molecule has 0 spiro atoms. The van der Waals surface area contributed by atoms with Gasteiger partial charge in [-0.15, -0.1) is 0 Å². The summed E-state index contributed by atoms with van der Waals surface area (Å²) in [6.45, 7) is 2.39. The van der Waals surface area contributed by atoms with Gasteiger partial charge < -0.3 is 10.7 Å². The summed E-state index contributed by atoms with van der Waals surface area (Å²) in [5.41, 5.74) is 6.91. The maximum absolute atomic E-state index is 11.8. The van der Waals surface area contributed by atoms with Crippen molar-refractivity contribution in [2.45, 2.75) is 6.92 Å². The number of nitrogens with two attached hydrogens (primary N) is 1. The lowest BCUT2D eigenvalue weighted by Gasteiger charge is -2.01. The van der Waals surface area contributed by atoms with Crippen molar-refractivity contribution in [3.8, 4) is 0 Å². The molecule has 0 aliphatic heterocycles. The van der Waals surface area contributed by atoms with Crippen molar-refractivity contribution in [2.24, 2.45) is 10.7 Å². The van der Waals surface area contributed by atoms with E-state index in [-0.39, 0.29) is 11.9 Å². The van der Waals surface area contributed by atoms with E-state index >= 15 is 0 Å². The number of rotatable bonds is 2. The number of aliphatic imine (C=N–C) groups is 1. The molecular weight excluding hydrogens is 216 g/mol. The largest absolute Gasteiger partial charge is 0.370 e. The highest BCUT2D eigenvalue weighted by molar-refractivity contribution is 6.06. The molecule has 0 bridgehead atoms. The highest BCUT2D eigenvalue weighted by Gasteiger charge is 2.09. The molecule has 0 saturated heterocycles. The topological polar surface area (TPSA) is 83.3 Å². The maximum Gasteiger partial charge on any atom is 0.274 e. The fourth-order valence-corrected chi connectivity index (χ4v) is 1.59. The van der Waals surface area contributed by atoms with Crippen LogP contribution in [0.25, 0.3) is 10.9 Å². The SMILES string of the molecule is CCN=C(N)NC(=O)c1cc2ccccc2[nH]1. The molecule has 0 unspecified atom stereocenters. The van der Waals surface area contributed by atoms with Crippen LogP contribution in [0.3, 0.4) is 0 Å². The van der Waals surface area contributed by atoms with Gasteiger partial charge in [0.25, 0.3) is 5.91 Å². The summed E-state index contributed by atoms with van der Waals surface area (Å²) < 4.78 is 0. The highest BCUT2D eigenvalue weighted by atomic mass is 16.2. The van der Waals surface area contributed by atoms with E-state index in [0.29, 0.717) is 12.2 Å². The van der Waals surface area contributed by atoms with Gasteiger partial charge in [-0.3, -0.25) is 15.1 Å². The van der Waals surface area contributed by atoms with Crippen LogP contribution in [0.2, 0.25) is 0 Å². The van der Waals surface area contributed by atoms with E-state index in [4.69, 9.17) is 5.73 Å². The van der Waals surface area contributed by atoms with E-state index < -0.39 is 0 Å². The molecule has 0 saturated carbocycles. The first-order valence-corrected chi connectivity index (χ1v) is 5.39. The molecule has 1 amide bonds. The number of aromatic nitrogens is 1. The van der Waals surface area contributed by atoms with Crippen molar-refractivity contribution in [2.75, 3.05) is 6.54 Å². The van der Waals surface area contributed by atoms with E-state index in [1.807, 2.05) is 31.2 Å². The molecule has 17 heavy (non-hydrogen) atoms. The van der Waals surface area contributed by atoms with Crippen LogP contribution in [-0.4, -0.2) is 23.4 Å². The van der Waals surface area contributed by atoms with Crippen molar-refractivity contribution in [1.29, 1.82) is 0 Å². The van der Waals surface area contributed by atoms with E-state index in [2.05, 4.69) is 15.3 Å². The van der Waals surface area contributed by atoms with E-state index in [1.54, 1.807) is 6.07 Å². The van der Waals surface area contributed by atoms with Crippen LogP contribution in [0, 0.1) is 0 Å². The summed E-state index contributed by atoms with van der Waals surface area (Å²) in [4.78, 5) is 18.7. The Bertz CT molecular complexity index is 538. The first-order chi connectivity index (χ1) is 8.20. The molecule has 1 heterocycles. The predicted octanol–water partition coefficient (Wildman–Crippen LogP) is 1.23. The number of benzene rings is 1. The zero-order valence-electron chi connectivity index (χ0n) is 9.53. The van der Waals surface area contributed by atoms with E-state index in [9.17, 15) is 4.79 Å². The second-order valence-electron chi connectivity index (χ2n) is 3.58. The smallest absolute Gasteiger partial charge is 0.274 e. The molecule has 2 aromatic rings. The quantitative estimate of drug-likeness (QED) is 0.535. The number of para-hydroxylation sites is 1. The number of nitrogens with one attached hydrogen (secondary N) is 2. The highest BCUT2D eigenvalue weighted by Crippen LogP contribution is 2.14. The Labute approximate surface area is 98.7 Å². The third-order valence-electron chi connectivity index (χ3n) is 2.34. The van der Waals surface area contributed by atoms with Gasteiger partial charge in [0.15, 0.2) is 5.96 Å². The Morgan fingerprint density at radius 1 is 1.47 bits per heavy atom. The minimum absolute atomic E-state index is 0.135. The van der Waals surface area contributed by atoms with Gasteiger partial charge in [0.1, 0.15) is 5.69 Å². The number of hydrogen-bond acceptors (Lipinski definition) is 2. The Kier molecular flexibility index (Phi) is 3.09. The summed E-state index contributed by atoms with van der Waals surface area (Å²) in [5.74, 6) is -0.146. The van der Waals surface area contributed by atoms with Crippen LogP contribution < -0.4 is 11.1 Å². The summed E-state index contributed by atoms with van der Waals surface area (Å²) in [5, 5.41) is 3.51. The minimum atomic E-state index is -0.282. The van der Waals surface area contributed by atoms with Crippen LogP contribution in [0.15, 0.2) is 35.3 Å². The van der Waals surface area contributed by atoms with Gasteiger partial charge in [0.2, 0.25) is 0 Å². The fraction of sp³-hybridized carbons (Fsp3) is 0.167. The Morgan fingerprint density at radius 3 is 2.94 bits per heavy atom.